The monoisotopic (exact) mass is 276 g/mol. The van der Waals surface area contributed by atoms with Gasteiger partial charge in [-0.2, -0.15) is 0 Å². The summed E-state index contributed by atoms with van der Waals surface area (Å²) in [4.78, 5) is 13.9. The van der Waals surface area contributed by atoms with Crippen molar-refractivity contribution in [1.82, 2.24) is 10.2 Å². The molecule has 0 aromatic rings. The van der Waals surface area contributed by atoms with Gasteiger partial charge in [0.2, 0.25) is 5.91 Å². The van der Waals surface area contributed by atoms with Crippen molar-refractivity contribution in [3.63, 3.8) is 0 Å². The van der Waals surface area contributed by atoms with Crippen molar-refractivity contribution in [2.24, 2.45) is 11.8 Å². The maximum absolute atomic E-state index is 11.4. The lowest BCUT2D eigenvalue weighted by molar-refractivity contribution is -0.124. The Bertz CT molecular complexity index is 407. The molecule has 20 heavy (non-hydrogen) atoms. The Morgan fingerprint density at radius 3 is 2.75 bits per heavy atom. The third kappa shape index (κ3) is 4.48. The quantitative estimate of drug-likeness (QED) is 0.783. The summed E-state index contributed by atoms with van der Waals surface area (Å²) in [5.41, 5.74) is 2.88. The van der Waals surface area contributed by atoms with E-state index in [0.29, 0.717) is 11.8 Å². The highest BCUT2D eigenvalue weighted by atomic mass is 16.1. The second-order valence-corrected chi connectivity index (χ2v) is 6.62. The fourth-order valence-electron chi connectivity index (χ4n) is 3.18. The highest BCUT2D eigenvalue weighted by Gasteiger charge is 2.36. The van der Waals surface area contributed by atoms with E-state index in [1.54, 1.807) is 0 Å². The van der Waals surface area contributed by atoms with E-state index in [9.17, 15) is 4.79 Å². The lowest BCUT2D eigenvalue weighted by Crippen LogP contribution is -2.39. The van der Waals surface area contributed by atoms with Gasteiger partial charge in [-0.25, -0.2) is 0 Å². The number of hydrogen-bond acceptors (Lipinski definition) is 2. The van der Waals surface area contributed by atoms with Crippen molar-refractivity contribution in [2.75, 3.05) is 26.2 Å². The number of rotatable bonds is 5. The molecule has 2 heterocycles. The van der Waals surface area contributed by atoms with Crippen LogP contribution in [-0.2, 0) is 4.79 Å². The van der Waals surface area contributed by atoms with E-state index < -0.39 is 0 Å². The number of carbonyl (C=O) groups excluding carboxylic acids is 1. The van der Waals surface area contributed by atoms with Crippen LogP contribution in [0.4, 0.5) is 0 Å². The third-order valence-corrected chi connectivity index (χ3v) is 4.45. The Morgan fingerprint density at radius 2 is 2.00 bits per heavy atom. The summed E-state index contributed by atoms with van der Waals surface area (Å²) in [6.07, 6.45) is 7.70. The maximum Gasteiger partial charge on any atom is 0.220 e. The van der Waals surface area contributed by atoms with Crippen LogP contribution in [0.1, 0.15) is 40.0 Å². The smallest absolute Gasteiger partial charge is 0.220 e. The lowest BCUT2D eigenvalue weighted by Gasteiger charge is -2.23. The molecule has 112 valence electrons. The van der Waals surface area contributed by atoms with Crippen LogP contribution in [0.25, 0.3) is 0 Å². The van der Waals surface area contributed by atoms with Crippen LogP contribution < -0.4 is 5.32 Å². The number of allylic oxidation sites excluding steroid dienone is 3. The first-order valence-corrected chi connectivity index (χ1v) is 7.82. The number of likely N-dealkylation sites (tertiary alicyclic amines) is 1. The van der Waals surface area contributed by atoms with Crippen LogP contribution in [0, 0.1) is 11.8 Å². The number of nitrogens with one attached hydrogen (secondary N) is 1. The molecule has 0 spiro atoms. The zero-order chi connectivity index (χ0) is 14.5. The van der Waals surface area contributed by atoms with Gasteiger partial charge in [-0.15, -0.1) is 0 Å². The van der Waals surface area contributed by atoms with Crippen LogP contribution >= 0.6 is 0 Å². The van der Waals surface area contributed by atoms with Crippen molar-refractivity contribution >= 4 is 5.91 Å². The van der Waals surface area contributed by atoms with Gasteiger partial charge in [0.1, 0.15) is 0 Å². The second-order valence-electron chi connectivity index (χ2n) is 6.62. The zero-order valence-corrected chi connectivity index (χ0v) is 13.1. The number of hydrogen-bond donors (Lipinski definition) is 1. The second kappa shape index (κ2) is 7.07. The summed E-state index contributed by atoms with van der Waals surface area (Å²) in [7, 11) is 0. The fraction of sp³-hybridized carbons (Fsp3) is 0.706. The molecule has 1 amide bonds. The summed E-state index contributed by atoms with van der Waals surface area (Å²) in [5.74, 6) is 1.50. The number of nitrogens with zero attached hydrogens (tertiary/aromatic N) is 1. The maximum atomic E-state index is 11.4. The summed E-state index contributed by atoms with van der Waals surface area (Å²) in [6, 6.07) is 0. The number of carbonyl (C=O) groups is 1. The summed E-state index contributed by atoms with van der Waals surface area (Å²) in [5, 5.41) is 2.99. The lowest BCUT2D eigenvalue weighted by atomic mass is 9.89. The van der Waals surface area contributed by atoms with E-state index in [4.69, 9.17) is 0 Å². The van der Waals surface area contributed by atoms with Gasteiger partial charge in [0.25, 0.3) is 0 Å². The highest BCUT2D eigenvalue weighted by Crippen LogP contribution is 2.28. The molecule has 0 bridgehead atoms. The molecule has 2 aliphatic heterocycles. The molecule has 0 aromatic heterocycles. The number of piperidine rings is 1. The Kier molecular flexibility index (Phi) is 5.41. The largest absolute Gasteiger partial charge is 0.356 e. The molecular formula is C17H28N2O. The van der Waals surface area contributed by atoms with Gasteiger partial charge in [0, 0.05) is 32.6 Å². The average molecular weight is 276 g/mol. The Hall–Kier alpha value is -1.09. The molecule has 0 saturated carbocycles. The first kappa shape index (κ1) is 15.3. The molecule has 2 atom stereocenters. The predicted molar refractivity (Wildman–Crippen MR) is 83.5 cm³/mol. The van der Waals surface area contributed by atoms with E-state index in [1.807, 2.05) is 0 Å². The van der Waals surface area contributed by atoms with Crippen molar-refractivity contribution in [2.45, 2.75) is 40.0 Å². The third-order valence-electron chi connectivity index (χ3n) is 4.45. The minimum Gasteiger partial charge on any atom is -0.356 e. The topological polar surface area (TPSA) is 32.3 Å². The van der Waals surface area contributed by atoms with Crippen molar-refractivity contribution in [1.29, 1.82) is 0 Å². The van der Waals surface area contributed by atoms with Gasteiger partial charge in [-0.05, 0) is 45.4 Å². The molecule has 0 aromatic carbocycles. The molecule has 2 aliphatic rings. The van der Waals surface area contributed by atoms with Crippen LogP contribution in [0.5, 0.6) is 0 Å². The van der Waals surface area contributed by atoms with E-state index >= 15 is 0 Å². The number of amides is 1. The van der Waals surface area contributed by atoms with Crippen molar-refractivity contribution in [3.8, 4) is 0 Å². The minimum atomic E-state index is 0.238. The average Bonchev–Trinajstić information content (AvgIpc) is 2.77. The standard InChI is InChI=1S/C17H28N2O/c1-13(2)5-4-6-14(3)7-8-19-11-15-9-17(20)18-10-16(15)12-19/h5,7,15-16H,4,6,8-12H2,1-3H3,(H,18,20)/t15-,16+/m1/s1. The van der Waals surface area contributed by atoms with Gasteiger partial charge < -0.3 is 5.32 Å². The normalized spacial score (nSPS) is 27.1. The van der Waals surface area contributed by atoms with Gasteiger partial charge in [0.05, 0.1) is 0 Å². The van der Waals surface area contributed by atoms with Crippen molar-refractivity contribution < 1.29 is 4.79 Å². The molecule has 0 unspecified atom stereocenters. The molecule has 1 N–H and O–H groups in total. The van der Waals surface area contributed by atoms with Crippen LogP contribution in [0.3, 0.4) is 0 Å². The van der Waals surface area contributed by atoms with E-state index in [2.05, 4.69) is 43.1 Å². The molecular weight excluding hydrogens is 248 g/mol. The summed E-state index contributed by atoms with van der Waals surface area (Å²) in [6.45, 7) is 10.7. The Morgan fingerprint density at radius 1 is 1.25 bits per heavy atom. The van der Waals surface area contributed by atoms with Crippen LogP contribution in [0.15, 0.2) is 23.3 Å². The van der Waals surface area contributed by atoms with Crippen LogP contribution in [0.2, 0.25) is 0 Å². The van der Waals surface area contributed by atoms with Gasteiger partial charge in [0.15, 0.2) is 0 Å². The van der Waals surface area contributed by atoms with Crippen molar-refractivity contribution in [3.05, 3.63) is 23.3 Å². The van der Waals surface area contributed by atoms with Crippen LogP contribution in [-0.4, -0.2) is 37.0 Å². The Balaban J connectivity index is 1.74. The van der Waals surface area contributed by atoms with Gasteiger partial charge >= 0.3 is 0 Å². The number of fused-ring (bicyclic) bond motifs is 1. The summed E-state index contributed by atoms with van der Waals surface area (Å²) >= 11 is 0. The Labute approximate surface area is 123 Å². The summed E-state index contributed by atoms with van der Waals surface area (Å²) < 4.78 is 0. The van der Waals surface area contributed by atoms with E-state index in [-0.39, 0.29) is 5.91 Å². The van der Waals surface area contributed by atoms with E-state index in [1.165, 1.54) is 11.1 Å². The molecule has 2 fully saturated rings. The van der Waals surface area contributed by atoms with Gasteiger partial charge in [-0.1, -0.05) is 23.3 Å². The molecule has 0 radical (unpaired) electrons. The SMILES string of the molecule is CC(C)=CCCC(C)=CCN1C[C@H]2CC(=O)NC[C@H]2C1. The van der Waals surface area contributed by atoms with E-state index in [0.717, 1.165) is 45.4 Å². The highest BCUT2D eigenvalue weighted by molar-refractivity contribution is 5.77. The first-order chi connectivity index (χ1) is 9.54. The zero-order valence-electron chi connectivity index (χ0n) is 13.1. The fourth-order valence-corrected chi connectivity index (χ4v) is 3.18. The molecule has 2 saturated heterocycles. The molecule has 2 rings (SSSR count). The van der Waals surface area contributed by atoms with Gasteiger partial charge in [-0.3, -0.25) is 9.69 Å². The molecule has 3 heteroatoms. The predicted octanol–water partition coefficient (Wildman–Crippen LogP) is 2.75. The molecule has 3 nitrogen and oxygen atoms in total. The first-order valence-electron chi connectivity index (χ1n) is 7.82. The minimum absolute atomic E-state index is 0.238. The molecule has 0 aliphatic carbocycles.